The van der Waals surface area contributed by atoms with Gasteiger partial charge in [0.15, 0.2) is 0 Å². The maximum absolute atomic E-state index is 8.87. The second-order valence-corrected chi connectivity index (χ2v) is 2.72. The summed E-state index contributed by atoms with van der Waals surface area (Å²) in [5.74, 6) is 0.227. The molecule has 0 saturated heterocycles. The maximum atomic E-state index is 8.87. The molecule has 1 radical (unpaired) electrons. The summed E-state index contributed by atoms with van der Waals surface area (Å²) in [6, 6.07) is 4.21. The first-order valence-corrected chi connectivity index (χ1v) is 4.14. The molecule has 0 aromatic heterocycles. The van der Waals surface area contributed by atoms with Crippen LogP contribution in [0.5, 0.6) is 11.5 Å². The minimum atomic E-state index is 0.104. The Balaban J connectivity index is 0.000000354. The largest absolute Gasteiger partial charge is 0.508 e. The molecular weight excluding hydrogens is 199 g/mol. The van der Waals surface area contributed by atoms with Gasteiger partial charge in [-0.15, -0.1) is 23.2 Å². The molecule has 1 rings (SSSR count). The Morgan fingerprint density at radius 1 is 1.25 bits per heavy atom. The summed E-state index contributed by atoms with van der Waals surface area (Å²) in [4.78, 5) is 0. The number of halogens is 2. The molecule has 0 aliphatic rings. The zero-order valence-electron chi connectivity index (χ0n) is 6.30. The van der Waals surface area contributed by atoms with Crippen LogP contribution in [0.1, 0.15) is 5.56 Å². The first kappa shape index (κ1) is 11.4. The average Bonchev–Trinajstić information content (AvgIpc) is 1.99. The van der Waals surface area contributed by atoms with E-state index in [4.69, 9.17) is 33.4 Å². The van der Waals surface area contributed by atoms with Crippen LogP contribution in [-0.2, 0) is 0 Å². The standard InChI is InChI=1S/C7H7O2.CH2Cl2/c1-5-4-6(8)2-3-7(5)9;2-1-3/h2-4,8-9H,1H2;1H2. The molecule has 2 nitrogen and oxygen atoms in total. The lowest BCUT2D eigenvalue weighted by Crippen LogP contribution is -1.71. The normalized spacial score (nSPS) is 8.58. The van der Waals surface area contributed by atoms with Crippen LogP contribution >= 0.6 is 23.2 Å². The first-order valence-electron chi connectivity index (χ1n) is 3.07. The lowest BCUT2D eigenvalue weighted by Gasteiger charge is -1.96. The van der Waals surface area contributed by atoms with E-state index in [1.54, 1.807) is 0 Å². The van der Waals surface area contributed by atoms with Crippen LogP contribution in [0.4, 0.5) is 0 Å². The topological polar surface area (TPSA) is 40.5 Å². The van der Waals surface area contributed by atoms with Crippen molar-refractivity contribution in [2.24, 2.45) is 0 Å². The monoisotopic (exact) mass is 207 g/mol. The molecule has 2 N–H and O–H groups in total. The average molecular weight is 208 g/mol. The molecule has 0 amide bonds. The van der Waals surface area contributed by atoms with Crippen molar-refractivity contribution in [1.29, 1.82) is 0 Å². The molecule has 0 aliphatic heterocycles. The van der Waals surface area contributed by atoms with Gasteiger partial charge in [-0.3, -0.25) is 0 Å². The number of rotatable bonds is 0. The van der Waals surface area contributed by atoms with Gasteiger partial charge in [0.1, 0.15) is 11.5 Å². The molecule has 67 valence electrons. The van der Waals surface area contributed by atoms with Crippen LogP contribution in [0.3, 0.4) is 0 Å². The summed E-state index contributed by atoms with van der Waals surface area (Å²) < 4.78 is 0. The Hall–Kier alpha value is -0.600. The summed E-state index contributed by atoms with van der Waals surface area (Å²) in [5, 5.41) is 17.9. The van der Waals surface area contributed by atoms with Gasteiger partial charge in [0.2, 0.25) is 0 Å². The lowest BCUT2D eigenvalue weighted by molar-refractivity contribution is 0.458. The van der Waals surface area contributed by atoms with E-state index in [0.717, 1.165) is 0 Å². The zero-order valence-corrected chi connectivity index (χ0v) is 7.81. The number of alkyl halides is 2. The second-order valence-electron chi connectivity index (χ2n) is 1.91. The highest BCUT2D eigenvalue weighted by Gasteiger charge is 1.93. The van der Waals surface area contributed by atoms with Gasteiger partial charge in [0.25, 0.3) is 0 Å². The van der Waals surface area contributed by atoms with E-state index < -0.39 is 0 Å². The van der Waals surface area contributed by atoms with Crippen molar-refractivity contribution in [1.82, 2.24) is 0 Å². The van der Waals surface area contributed by atoms with Crippen LogP contribution in [0.25, 0.3) is 0 Å². The summed E-state index contributed by atoms with van der Waals surface area (Å²) in [5.41, 5.74) is 0.440. The van der Waals surface area contributed by atoms with E-state index in [-0.39, 0.29) is 16.8 Å². The molecule has 4 heteroatoms. The predicted octanol–water partition coefficient (Wildman–Crippen LogP) is 2.70. The third kappa shape index (κ3) is 4.31. The van der Waals surface area contributed by atoms with E-state index in [1.165, 1.54) is 18.2 Å². The van der Waals surface area contributed by atoms with E-state index in [9.17, 15) is 0 Å². The van der Waals surface area contributed by atoms with E-state index in [2.05, 4.69) is 6.92 Å². The van der Waals surface area contributed by atoms with E-state index in [1.807, 2.05) is 0 Å². The minimum Gasteiger partial charge on any atom is -0.508 e. The minimum absolute atomic E-state index is 0.104. The van der Waals surface area contributed by atoms with Gasteiger partial charge in [0, 0.05) is 0 Å². The number of phenolic OH excluding ortho intramolecular Hbond substituents is 2. The van der Waals surface area contributed by atoms with Crippen LogP contribution < -0.4 is 0 Å². The van der Waals surface area contributed by atoms with Crippen molar-refractivity contribution in [2.75, 3.05) is 5.34 Å². The number of benzene rings is 1. The van der Waals surface area contributed by atoms with Crippen LogP contribution in [-0.4, -0.2) is 15.6 Å². The first-order chi connectivity index (χ1) is 5.61. The predicted molar refractivity (Wildman–Crippen MR) is 50.8 cm³/mol. The van der Waals surface area contributed by atoms with Crippen molar-refractivity contribution < 1.29 is 10.2 Å². The van der Waals surface area contributed by atoms with Gasteiger partial charge in [-0.05, 0) is 30.7 Å². The molecule has 0 aliphatic carbocycles. The highest BCUT2D eigenvalue weighted by Crippen LogP contribution is 2.19. The second kappa shape index (κ2) is 5.98. The molecule has 0 fully saturated rings. The number of phenols is 2. The molecule has 1 aromatic carbocycles. The summed E-state index contributed by atoms with van der Waals surface area (Å²) in [6.07, 6.45) is 0. The van der Waals surface area contributed by atoms with Crippen molar-refractivity contribution >= 4 is 23.2 Å². The highest BCUT2D eigenvalue weighted by molar-refractivity contribution is 6.40. The van der Waals surface area contributed by atoms with Gasteiger partial charge in [-0.1, -0.05) is 0 Å². The fraction of sp³-hybridized carbons (Fsp3) is 0.125. The summed E-state index contributed by atoms with van der Waals surface area (Å²) in [6.45, 7) is 3.47. The molecule has 0 spiro atoms. The fourth-order valence-electron chi connectivity index (χ4n) is 0.572. The van der Waals surface area contributed by atoms with Gasteiger partial charge < -0.3 is 10.2 Å². The molecule has 12 heavy (non-hydrogen) atoms. The van der Waals surface area contributed by atoms with Crippen molar-refractivity contribution in [3.8, 4) is 11.5 Å². The van der Waals surface area contributed by atoms with Gasteiger partial charge in [-0.2, -0.15) is 0 Å². The SMILES string of the molecule is ClCCl.[CH2]c1cc(O)ccc1O. The molecule has 1 aromatic rings. The Morgan fingerprint density at radius 3 is 2.08 bits per heavy atom. The number of hydrogen-bond donors (Lipinski definition) is 2. The highest BCUT2D eigenvalue weighted by atomic mass is 35.5. The van der Waals surface area contributed by atoms with Gasteiger partial charge in [0.05, 0.1) is 5.34 Å². The Morgan fingerprint density at radius 2 is 1.75 bits per heavy atom. The van der Waals surface area contributed by atoms with Gasteiger partial charge >= 0.3 is 0 Å². The Labute approximate surface area is 81.4 Å². The lowest BCUT2D eigenvalue weighted by atomic mass is 10.2. The number of hydrogen-bond acceptors (Lipinski definition) is 2. The molecule has 0 unspecified atom stereocenters. The molecule has 0 bridgehead atoms. The fourth-order valence-corrected chi connectivity index (χ4v) is 0.572. The van der Waals surface area contributed by atoms with Crippen LogP contribution in [0.2, 0.25) is 0 Å². The maximum Gasteiger partial charge on any atom is 0.119 e. The third-order valence-corrected chi connectivity index (χ3v) is 1.06. The molecular formula is C8H9Cl2O2. The van der Waals surface area contributed by atoms with Crippen LogP contribution in [0.15, 0.2) is 18.2 Å². The molecule has 0 atom stereocenters. The molecule has 0 saturated carbocycles. The van der Waals surface area contributed by atoms with Gasteiger partial charge in [-0.25, -0.2) is 0 Å². The zero-order chi connectivity index (χ0) is 9.56. The number of aromatic hydroxyl groups is 2. The van der Waals surface area contributed by atoms with Crippen LogP contribution in [0, 0.1) is 6.92 Å². The summed E-state index contributed by atoms with van der Waals surface area (Å²) >= 11 is 9.53. The van der Waals surface area contributed by atoms with E-state index >= 15 is 0 Å². The van der Waals surface area contributed by atoms with Crippen molar-refractivity contribution in [2.45, 2.75) is 0 Å². The quantitative estimate of drug-likeness (QED) is 0.508. The Bertz CT molecular complexity index is 238. The van der Waals surface area contributed by atoms with Crippen molar-refractivity contribution in [3.63, 3.8) is 0 Å². The molecule has 0 heterocycles. The van der Waals surface area contributed by atoms with E-state index in [0.29, 0.717) is 5.56 Å². The third-order valence-electron chi connectivity index (χ3n) is 1.06. The van der Waals surface area contributed by atoms with Crippen molar-refractivity contribution in [3.05, 3.63) is 30.7 Å². The Kier molecular flexibility index (Phi) is 5.68. The summed E-state index contributed by atoms with van der Waals surface area (Å²) in [7, 11) is 0. The smallest absolute Gasteiger partial charge is 0.119 e.